The average Bonchev–Trinajstić information content (AvgIpc) is 2.75. The molecule has 2 N–H and O–H groups in total. The first-order valence-electron chi connectivity index (χ1n) is 10.2. The van der Waals surface area contributed by atoms with Gasteiger partial charge < -0.3 is 19.9 Å². The molecule has 0 bridgehead atoms. The largest absolute Gasteiger partial charge is 0.457 e. The van der Waals surface area contributed by atoms with E-state index in [0.29, 0.717) is 18.2 Å². The molecular formula is C21H27N7O3. The number of hydrogen-bond acceptors (Lipinski definition) is 9. The highest BCUT2D eigenvalue weighted by molar-refractivity contribution is 5.75. The second-order valence-electron chi connectivity index (χ2n) is 7.32. The Labute approximate surface area is 180 Å². The van der Waals surface area contributed by atoms with Crippen LogP contribution in [0.3, 0.4) is 0 Å². The van der Waals surface area contributed by atoms with Crippen LogP contribution in [0.2, 0.25) is 0 Å². The summed E-state index contributed by atoms with van der Waals surface area (Å²) in [5, 5.41) is 0. The highest BCUT2D eigenvalue weighted by Gasteiger charge is 2.14. The molecule has 0 aliphatic heterocycles. The lowest BCUT2D eigenvalue weighted by Gasteiger charge is -2.12. The molecule has 31 heavy (non-hydrogen) atoms. The summed E-state index contributed by atoms with van der Waals surface area (Å²) >= 11 is 0. The number of nitrogen functional groups attached to an aromatic ring is 1. The predicted molar refractivity (Wildman–Crippen MR) is 118 cm³/mol. The van der Waals surface area contributed by atoms with Gasteiger partial charge in [0.1, 0.15) is 5.69 Å². The number of unbranched alkanes of at least 4 members (excludes halogenated alkanes) is 1. The average molecular weight is 425 g/mol. The van der Waals surface area contributed by atoms with Gasteiger partial charge in [0, 0.05) is 27.1 Å². The van der Waals surface area contributed by atoms with Crippen molar-refractivity contribution in [2.45, 2.75) is 45.8 Å². The fraction of sp³-hybridized carbons (Fsp3) is 0.429. The van der Waals surface area contributed by atoms with Crippen molar-refractivity contribution in [2.75, 3.05) is 24.7 Å². The Balaban J connectivity index is 1.69. The summed E-state index contributed by atoms with van der Waals surface area (Å²) in [5.74, 6) is 0.222. The third kappa shape index (κ3) is 5.53. The molecule has 0 saturated heterocycles. The number of benzene rings is 1. The zero-order chi connectivity index (χ0) is 22.4. The second kappa shape index (κ2) is 9.96. The molecule has 0 spiro atoms. The van der Waals surface area contributed by atoms with Crippen LogP contribution in [0, 0.1) is 0 Å². The lowest BCUT2D eigenvalue weighted by Crippen LogP contribution is -2.26. The topological polar surface area (TPSA) is 129 Å². The summed E-state index contributed by atoms with van der Waals surface area (Å²) in [4.78, 5) is 43.5. The minimum atomic E-state index is -0.472. The maximum Gasteiger partial charge on any atom is 0.306 e. The van der Waals surface area contributed by atoms with Gasteiger partial charge in [0.05, 0.1) is 17.5 Å². The van der Waals surface area contributed by atoms with Gasteiger partial charge in [-0.25, -0.2) is 4.98 Å². The number of carbonyl (C=O) groups is 1. The van der Waals surface area contributed by atoms with Gasteiger partial charge in [-0.3, -0.25) is 9.59 Å². The number of nitrogens with two attached hydrogens (primary N) is 1. The molecule has 2 aromatic heterocycles. The molecule has 0 radical (unpaired) electrons. The molecule has 3 aromatic rings. The highest BCUT2D eigenvalue weighted by Crippen LogP contribution is 2.12. The zero-order valence-corrected chi connectivity index (χ0v) is 18.0. The Hall–Kier alpha value is -3.56. The first-order valence-corrected chi connectivity index (χ1v) is 10.2. The third-order valence-electron chi connectivity index (χ3n) is 4.67. The summed E-state index contributed by atoms with van der Waals surface area (Å²) in [6.45, 7) is 2.57. The predicted octanol–water partition coefficient (Wildman–Crippen LogP) is 1.71. The van der Waals surface area contributed by atoms with Crippen LogP contribution in [0.25, 0.3) is 11.0 Å². The van der Waals surface area contributed by atoms with Crippen LogP contribution in [0.4, 0.5) is 11.9 Å². The number of rotatable bonds is 9. The van der Waals surface area contributed by atoms with Crippen molar-refractivity contribution in [3.8, 4) is 0 Å². The molecule has 10 heteroatoms. The van der Waals surface area contributed by atoms with Gasteiger partial charge >= 0.3 is 5.97 Å². The SMILES string of the molecule is CCCCn1c(=O)c(CCC(=O)OCc2nc(N)nc(N(C)C)n2)nc2ccccc21. The molecule has 0 unspecified atom stereocenters. The van der Waals surface area contributed by atoms with Crippen LogP contribution in [-0.4, -0.2) is 44.6 Å². The number of nitrogens with zero attached hydrogens (tertiary/aromatic N) is 6. The van der Waals surface area contributed by atoms with Gasteiger partial charge in [0.15, 0.2) is 12.4 Å². The summed E-state index contributed by atoms with van der Waals surface area (Å²) in [7, 11) is 3.54. The minimum Gasteiger partial charge on any atom is -0.457 e. The van der Waals surface area contributed by atoms with E-state index in [1.807, 2.05) is 24.3 Å². The minimum absolute atomic E-state index is 0.0233. The lowest BCUT2D eigenvalue weighted by atomic mass is 10.2. The van der Waals surface area contributed by atoms with Crippen molar-refractivity contribution in [3.05, 3.63) is 46.1 Å². The molecule has 0 aliphatic rings. The van der Waals surface area contributed by atoms with Crippen LogP contribution in [0.15, 0.2) is 29.1 Å². The molecule has 2 heterocycles. The van der Waals surface area contributed by atoms with Crippen molar-refractivity contribution in [1.82, 2.24) is 24.5 Å². The van der Waals surface area contributed by atoms with Crippen molar-refractivity contribution >= 4 is 28.9 Å². The first kappa shape index (κ1) is 22.1. The van der Waals surface area contributed by atoms with Crippen LogP contribution in [-0.2, 0) is 29.1 Å². The maximum absolute atomic E-state index is 12.9. The van der Waals surface area contributed by atoms with Gasteiger partial charge in [-0.15, -0.1) is 0 Å². The van der Waals surface area contributed by atoms with Crippen molar-refractivity contribution in [1.29, 1.82) is 0 Å². The van der Waals surface area contributed by atoms with Crippen LogP contribution >= 0.6 is 0 Å². The third-order valence-corrected chi connectivity index (χ3v) is 4.67. The summed E-state index contributed by atoms with van der Waals surface area (Å²) in [5.41, 5.74) is 7.40. The number of carbonyl (C=O) groups excluding carboxylic acids is 1. The molecule has 0 fully saturated rings. The molecule has 1 aromatic carbocycles. The molecular weight excluding hydrogens is 398 g/mol. The number of aromatic nitrogens is 5. The van der Waals surface area contributed by atoms with E-state index in [-0.39, 0.29) is 36.8 Å². The number of fused-ring (bicyclic) bond motifs is 1. The van der Waals surface area contributed by atoms with Crippen molar-refractivity contribution in [3.63, 3.8) is 0 Å². The Morgan fingerprint density at radius 2 is 1.94 bits per heavy atom. The van der Waals surface area contributed by atoms with Crippen LogP contribution < -0.4 is 16.2 Å². The Kier molecular flexibility index (Phi) is 7.11. The number of aryl methyl sites for hydroxylation is 2. The number of hydrogen-bond donors (Lipinski definition) is 1. The van der Waals surface area contributed by atoms with Gasteiger partial charge in [-0.05, 0) is 18.6 Å². The van der Waals surface area contributed by atoms with Gasteiger partial charge in [-0.2, -0.15) is 15.0 Å². The Bertz CT molecular complexity index is 1130. The fourth-order valence-corrected chi connectivity index (χ4v) is 3.07. The Morgan fingerprint density at radius 3 is 2.68 bits per heavy atom. The molecule has 0 atom stereocenters. The molecule has 3 rings (SSSR count). The van der Waals surface area contributed by atoms with Gasteiger partial charge in [0.25, 0.3) is 5.56 Å². The second-order valence-corrected chi connectivity index (χ2v) is 7.32. The maximum atomic E-state index is 12.9. The molecule has 164 valence electrons. The summed E-state index contributed by atoms with van der Waals surface area (Å²) in [6.07, 6.45) is 2.08. The molecule has 10 nitrogen and oxygen atoms in total. The van der Waals surface area contributed by atoms with E-state index in [0.717, 1.165) is 23.9 Å². The summed E-state index contributed by atoms with van der Waals surface area (Å²) in [6, 6.07) is 7.52. The van der Waals surface area contributed by atoms with E-state index in [1.54, 1.807) is 23.6 Å². The van der Waals surface area contributed by atoms with Crippen LogP contribution in [0.1, 0.15) is 37.7 Å². The quantitative estimate of drug-likeness (QED) is 0.509. The first-order chi connectivity index (χ1) is 14.9. The standard InChI is InChI=1S/C21H27N7O3/c1-4-5-12-28-16-9-7-6-8-14(16)23-15(19(28)30)10-11-18(29)31-13-17-24-20(22)26-21(25-17)27(2)3/h6-9H,4-5,10-13H2,1-3H3,(H2,22,24,25,26). The van der Waals surface area contributed by atoms with E-state index in [9.17, 15) is 9.59 Å². The summed E-state index contributed by atoms with van der Waals surface area (Å²) < 4.78 is 7.00. The number of ether oxygens (including phenoxy) is 1. The van der Waals surface area contributed by atoms with E-state index in [2.05, 4.69) is 26.9 Å². The molecule has 0 amide bonds. The number of para-hydroxylation sites is 2. The Morgan fingerprint density at radius 1 is 1.16 bits per heavy atom. The van der Waals surface area contributed by atoms with E-state index in [4.69, 9.17) is 10.5 Å². The number of anilines is 2. The lowest BCUT2D eigenvalue weighted by molar-refractivity contribution is -0.145. The van der Waals surface area contributed by atoms with Crippen molar-refractivity contribution < 1.29 is 9.53 Å². The normalized spacial score (nSPS) is 10.9. The van der Waals surface area contributed by atoms with Crippen molar-refractivity contribution in [2.24, 2.45) is 0 Å². The molecule has 0 aliphatic carbocycles. The smallest absolute Gasteiger partial charge is 0.306 e. The van der Waals surface area contributed by atoms with E-state index < -0.39 is 5.97 Å². The highest BCUT2D eigenvalue weighted by atomic mass is 16.5. The van der Waals surface area contributed by atoms with Gasteiger partial charge in [0.2, 0.25) is 11.9 Å². The van der Waals surface area contributed by atoms with Gasteiger partial charge in [-0.1, -0.05) is 25.5 Å². The molecule has 0 saturated carbocycles. The van der Waals surface area contributed by atoms with E-state index in [1.165, 1.54) is 0 Å². The van der Waals surface area contributed by atoms with E-state index >= 15 is 0 Å². The van der Waals surface area contributed by atoms with Crippen LogP contribution in [0.5, 0.6) is 0 Å². The fourth-order valence-electron chi connectivity index (χ4n) is 3.07. The monoisotopic (exact) mass is 425 g/mol. The number of esters is 1. The zero-order valence-electron chi connectivity index (χ0n) is 18.0.